The number of anilines is 3. The molecule has 18 rings (SSSR count). The fourth-order valence-electron chi connectivity index (χ4n) is 13.3. The molecule has 0 unspecified atom stereocenters. The van der Waals surface area contributed by atoms with Gasteiger partial charge in [0.05, 0.1) is 64.3 Å². The number of H-pyrrole nitrogens is 2. The molecular formula is C69H73BCl2FIN16O9. The quantitative estimate of drug-likeness (QED) is 0.0428. The van der Waals surface area contributed by atoms with Crippen LogP contribution in [0.15, 0.2) is 111 Å². The van der Waals surface area contributed by atoms with Gasteiger partial charge < -0.3 is 62.2 Å². The van der Waals surface area contributed by atoms with Crippen molar-refractivity contribution in [2.75, 3.05) is 127 Å². The number of hydrogen-bond acceptors (Lipinski definition) is 23. The second-order valence-corrected chi connectivity index (χ2v) is 25.0. The molecule has 0 atom stereocenters. The van der Waals surface area contributed by atoms with Crippen LogP contribution in [0, 0.1) is 0 Å². The van der Waals surface area contributed by atoms with Crippen molar-refractivity contribution < 1.29 is 48.1 Å². The Kier molecular flexibility index (Phi) is 21.9. The first-order valence-corrected chi connectivity index (χ1v) is 33.6. The van der Waals surface area contributed by atoms with Crippen molar-refractivity contribution in [3.63, 3.8) is 0 Å². The molecule has 0 bridgehead atoms. The number of nitrogens with one attached hydrogen (secondary N) is 2. The molecule has 4 N–H and O–H groups in total. The fourth-order valence-corrected chi connectivity index (χ4v) is 13.6. The first kappa shape index (κ1) is 67.9. The number of aromatic nitrogens is 11. The summed E-state index contributed by atoms with van der Waals surface area (Å²) < 4.78 is 50.1. The van der Waals surface area contributed by atoms with E-state index >= 15 is 0 Å². The number of likely N-dealkylation sites (tertiary alicyclic amines) is 2. The van der Waals surface area contributed by atoms with Gasteiger partial charge >= 0.3 is 7.12 Å². The van der Waals surface area contributed by atoms with Gasteiger partial charge in [-0.25, -0.2) is 34.9 Å². The monoisotopic (exact) mass is 1500 g/mol. The Morgan fingerprint density at radius 3 is 1.43 bits per heavy atom. The lowest BCUT2D eigenvalue weighted by Crippen LogP contribution is -2.37. The van der Waals surface area contributed by atoms with E-state index in [1.807, 2.05) is 41.7 Å². The van der Waals surface area contributed by atoms with Crippen LogP contribution in [0.25, 0.3) is 99.8 Å². The summed E-state index contributed by atoms with van der Waals surface area (Å²) in [5.41, 5.74) is 12.0. The lowest BCUT2D eigenvalue weighted by molar-refractivity contribution is 0.112. The van der Waals surface area contributed by atoms with E-state index in [0.717, 1.165) is 133 Å². The first-order valence-electron chi connectivity index (χ1n) is 33.6. The highest BCUT2D eigenvalue weighted by molar-refractivity contribution is 14.0. The molecule has 13 aromatic rings. The van der Waals surface area contributed by atoms with Gasteiger partial charge in [-0.05, 0) is 140 Å². The minimum atomic E-state index is -1.40. The maximum Gasteiger partial charge on any atom is 0.489 e. The zero-order chi connectivity index (χ0) is 67.8. The van der Waals surface area contributed by atoms with Crippen LogP contribution < -0.4 is 20.2 Å². The van der Waals surface area contributed by atoms with E-state index in [0.29, 0.717) is 120 Å². The highest BCUT2D eigenvalue weighted by atomic mass is 127. The molecule has 2 aromatic carbocycles. The van der Waals surface area contributed by atoms with Crippen LogP contribution >= 0.6 is 47.2 Å². The molecule has 0 saturated carbocycles. The summed E-state index contributed by atoms with van der Waals surface area (Å²) >= 11 is 12.3. The van der Waals surface area contributed by atoms with E-state index in [1.54, 1.807) is 24.4 Å². The molecule has 514 valence electrons. The van der Waals surface area contributed by atoms with Crippen molar-refractivity contribution in [2.45, 2.75) is 51.6 Å². The maximum atomic E-state index is 10.9. The average molecular weight is 1500 g/mol. The van der Waals surface area contributed by atoms with Crippen molar-refractivity contribution in [1.82, 2.24) is 64.6 Å². The van der Waals surface area contributed by atoms with Gasteiger partial charge in [0.2, 0.25) is 27.7 Å². The van der Waals surface area contributed by atoms with Crippen LogP contribution in [0.3, 0.4) is 0 Å². The third kappa shape index (κ3) is 15.3. The number of carbonyl (C=O) groups excluding carboxylic acids is 1. The molecule has 11 aromatic heterocycles. The number of rotatable bonds is 10. The van der Waals surface area contributed by atoms with Crippen LogP contribution in [-0.2, 0) is 27.3 Å². The highest BCUT2D eigenvalue weighted by Gasteiger charge is 2.28. The van der Waals surface area contributed by atoms with E-state index in [4.69, 9.17) is 77.0 Å². The van der Waals surface area contributed by atoms with Crippen LogP contribution in [0.1, 0.15) is 61.4 Å². The molecule has 0 radical (unpaired) electrons. The summed E-state index contributed by atoms with van der Waals surface area (Å²) in [6.45, 7) is 14.8. The first-order chi connectivity index (χ1) is 48.6. The Balaban J connectivity index is 0.000000124. The number of furan rings is 3. The predicted octanol–water partition coefficient (Wildman–Crippen LogP) is 11.1. The summed E-state index contributed by atoms with van der Waals surface area (Å²) in [6, 6.07) is 21.5. The number of fused-ring (bicyclic) bond motifs is 11. The summed E-state index contributed by atoms with van der Waals surface area (Å²) in [5, 5.41) is 22.8. The third-order valence-corrected chi connectivity index (χ3v) is 18.4. The molecule has 0 aliphatic carbocycles. The second-order valence-electron chi connectivity index (χ2n) is 24.4. The summed E-state index contributed by atoms with van der Waals surface area (Å²) in [6.07, 6.45) is 17.5. The molecule has 16 heterocycles. The van der Waals surface area contributed by atoms with Crippen molar-refractivity contribution >= 4 is 172 Å². The van der Waals surface area contributed by atoms with E-state index in [2.05, 4.69) is 89.8 Å². The Hall–Kier alpha value is -8.30. The van der Waals surface area contributed by atoms with Crippen LogP contribution in [0.4, 0.5) is 21.8 Å². The van der Waals surface area contributed by atoms with Gasteiger partial charge in [0, 0.05) is 111 Å². The van der Waals surface area contributed by atoms with Gasteiger partial charge in [0.15, 0.2) is 46.3 Å². The molecule has 5 fully saturated rings. The van der Waals surface area contributed by atoms with Crippen molar-refractivity contribution in [3.8, 4) is 11.4 Å². The number of nitrogens with zero attached hydrogens (tertiary/aromatic N) is 14. The molecular weight excluding hydrogens is 1420 g/mol. The Morgan fingerprint density at radius 2 is 0.960 bits per heavy atom. The standard InChI is InChI=1S/C27H28N6O2.C19H22ClN5O2.C14H11ClN4O3.C8H8BNO2.CH3F.HI/c1-2-9-32(10-3-1)17-18-15-21-23-24(35-27(21)29-16-18)26(33-11-13-34-14-12-33)31-25(30-23)20-5-4-6-22-19(20)7-8-28-22;20-19-22-15-14-10-13(12-24-4-2-1-3-5-24)11-21-18(14)27-16(15)17(23-19)25-6-8-26-9-7-25;15-14-17-10-9-5-8(7-20)6-16-13(9)22-11(10)12(18-14)19-1-3-21-4-2-19;11-9(12)7-2-1-3-8-6(7)4-5-10-8;1-2;/h4-8,15-16,28H,1-3,9-14,17H2;10-11H,1-9,12H2;5-7H,1-4H2;1-5,10-12H;1H3;1H/i;;;;1D;. The zero-order valence-electron chi connectivity index (χ0n) is 55.1. The van der Waals surface area contributed by atoms with Crippen molar-refractivity contribution in [3.05, 3.63) is 125 Å². The van der Waals surface area contributed by atoms with Crippen LogP contribution in [-0.4, -0.2) is 200 Å². The minimum absolute atomic E-state index is 0. The van der Waals surface area contributed by atoms with Gasteiger partial charge in [-0.3, -0.25) is 19.0 Å². The normalized spacial score (nSPS) is 16.4. The number of piperidine rings is 2. The molecule has 99 heavy (non-hydrogen) atoms. The van der Waals surface area contributed by atoms with E-state index in [1.165, 1.54) is 55.8 Å². The maximum absolute atomic E-state index is 10.9. The summed E-state index contributed by atoms with van der Waals surface area (Å²) in [7, 11) is -2.40. The number of benzene rings is 2. The van der Waals surface area contributed by atoms with Crippen molar-refractivity contribution in [2.24, 2.45) is 0 Å². The summed E-state index contributed by atoms with van der Waals surface area (Å²) in [5.74, 6) is 2.87. The van der Waals surface area contributed by atoms with E-state index < -0.39 is 14.3 Å². The third-order valence-electron chi connectivity index (χ3n) is 18.1. The van der Waals surface area contributed by atoms with Crippen LogP contribution in [0.5, 0.6) is 0 Å². The van der Waals surface area contributed by atoms with Gasteiger partial charge in [0.25, 0.3) is 0 Å². The molecule has 5 aliphatic heterocycles. The molecule has 30 heteroatoms. The fraction of sp³-hybridized carbons (Fsp3) is 0.362. The van der Waals surface area contributed by atoms with Gasteiger partial charge in [0.1, 0.15) is 16.6 Å². The number of halogens is 4. The topological polar surface area (TPSA) is 288 Å². The number of hydrogen-bond donors (Lipinski definition) is 4. The van der Waals surface area contributed by atoms with Gasteiger partial charge in [-0.15, -0.1) is 24.0 Å². The lowest BCUT2D eigenvalue weighted by Gasteiger charge is -2.27. The number of carbonyl (C=O) groups is 1. The Morgan fingerprint density at radius 1 is 0.535 bits per heavy atom. The average Bonchev–Trinajstić information content (AvgIpc) is 1.60. The second kappa shape index (κ2) is 31.9. The number of pyridine rings is 3. The van der Waals surface area contributed by atoms with Crippen molar-refractivity contribution in [1.29, 1.82) is 0 Å². The van der Waals surface area contributed by atoms with Gasteiger partial charge in [-0.2, -0.15) is 9.97 Å². The SMILES string of the molecule is Clc1nc(N2CCOCC2)c2oc3ncc(CN4CCCCC4)cc3c2n1.I.O=Cc1cnc2oc3c(N4CCOCC4)nc(Cl)nc3c2c1.OB(O)c1cccc2[nH]ccc12.[2H]CF.c1cc(-c2nc(N3CCOCC3)c3oc4ncc(CN5CCCCC5)cc4c3n2)c2cc[nH]c2c1. The summed E-state index contributed by atoms with van der Waals surface area (Å²) in [4.78, 5) is 69.6. The number of alkyl halides is 1. The Labute approximate surface area is 595 Å². The molecule has 0 spiro atoms. The van der Waals surface area contributed by atoms with E-state index in [9.17, 15) is 9.18 Å². The van der Waals surface area contributed by atoms with Crippen LogP contribution in [0.2, 0.25) is 10.6 Å². The van der Waals surface area contributed by atoms with E-state index in [-0.39, 0.29) is 34.5 Å². The molecule has 5 saturated heterocycles. The van der Waals surface area contributed by atoms with Gasteiger partial charge in [-0.1, -0.05) is 37.1 Å². The zero-order valence-corrected chi connectivity index (χ0v) is 58.0. The number of aromatic amines is 2. The molecule has 5 aliphatic rings. The predicted molar refractivity (Wildman–Crippen MR) is 392 cm³/mol. The minimum Gasteiger partial charge on any atom is -0.432 e. The Bertz CT molecular complexity index is 4960. The number of morpholine rings is 3. The molecule has 25 nitrogen and oxygen atoms in total. The smallest absolute Gasteiger partial charge is 0.432 e. The highest BCUT2D eigenvalue weighted by Crippen LogP contribution is 2.39. The lowest BCUT2D eigenvalue weighted by atomic mass is 9.78. The number of aldehydes is 1. The largest absolute Gasteiger partial charge is 0.489 e. The number of ether oxygens (including phenoxy) is 3. The molecule has 0 amide bonds.